The van der Waals surface area contributed by atoms with E-state index >= 15 is 0 Å². The second-order valence-corrected chi connectivity index (χ2v) is 8.78. The standard InChI is InChI=1S/C22H18N4O3S2/c1-28-19-10-15-14-6-2-3-7-17(14)29-18(15)11-16(19)23-21(27)12-31-22-24-20(25-26-22)9-13-5-4-8-30-13/h2-8,10-11H,9,12H2,1H3,(H,23,27)(H,24,25,26). The average molecular weight is 451 g/mol. The molecule has 0 aliphatic heterocycles. The van der Waals surface area contributed by atoms with E-state index in [0.717, 1.165) is 22.2 Å². The highest BCUT2D eigenvalue weighted by molar-refractivity contribution is 7.99. The van der Waals surface area contributed by atoms with Crippen molar-refractivity contribution in [2.45, 2.75) is 11.6 Å². The fourth-order valence-electron chi connectivity index (χ4n) is 3.33. The molecule has 9 heteroatoms. The van der Waals surface area contributed by atoms with E-state index in [1.165, 1.54) is 16.6 Å². The molecule has 2 aromatic carbocycles. The Morgan fingerprint density at radius 3 is 2.94 bits per heavy atom. The smallest absolute Gasteiger partial charge is 0.234 e. The number of ether oxygens (including phenoxy) is 1. The monoisotopic (exact) mass is 450 g/mol. The van der Waals surface area contributed by atoms with Crippen LogP contribution in [0, 0.1) is 0 Å². The summed E-state index contributed by atoms with van der Waals surface area (Å²) >= 11 is 2.95. The van der Waals surface area contributed by atoms with Crippen molar-refractivity contribution in [3.8, 4) is 5.75 Å². The molecule has 0 aliphatic rings. The molecule has 5 aromatic rings. The Labute approximate surface area is 185 Å². The second kappa shape index (κ2) is 8.44. The minimum atomic E-state index is -0.177. The van der Waals surface area contributed by atoms with Crippen molar-refractivity contribution < 1.29 is 13.9 Å². The highest BCUT2D eigenvalue weighted by Gasteiger charge is 2.15. The number of carbonyl (C=O) groups is 1. The molecule has 0 bridgehead atoms. The van der Waals surface area contributed by atoms with Crippen molar-refractivity contribution >= 4 is 56.6 Å². The van der Waals surface area contributed by atoms with Gasteiger partial charge in [0, 0.05) is 28.1 Å². The molecule has 31 heavy (non-hydrogen) atoms. The molecule has 0 atom stereocenters. The van der Waals surface area contributed by atoms with E-state index in [1.807, 2.05) is 41.8 Å². The maximum Gasteiger partial charge on any atom is 0.234 e. The van der Waals surface area contributed by atoms with Gasteiger partial charge in [0.1, 0.15) is 22.7 Å². The van der Waals surface area contributed by atoms with Gasteiger partial charge < -0.3 is 14.5 Å². The van der Waals surface area contributed by atoms with Gasteiger partial charge in [0.15, 0.2) is 0 Å². The minimum absolute atomic E-state index is 0.177. The third-order valence-corrected chi connectivity index (χ3v) is 6.46. The Balaban J connectivity index is 1.27. The van der Waals surface area contributed by atoms with Crippen molar-refractivity contribution in [1.29, 1.82) is 0 Å². The zero-order valence-corrected chi connectivity index (χ0v) is 18.2. The van der Waals surface area contributed by atoms with Crippen LogP contribution in [0.3, 0.4) is 0 Å². The Morgan fingerprint density at radius 2 is 2.10 bits per heavy atom. The van der Waals surface area contributed by atoms with Gasteiger partial charge in [-0.1, -0.05) is 36.0 Å². The molecule has 0 saturated carbocycles. The number of hydrogen-bond acceptors (Lipinski definition) is 7. The van der Waals surface area contributed by atoms with E-state index in [4.69, 9.17) is 9.15 Å². The van der Waals surface area contributed by atoms with Crippen LogP contribution in [-0.4, -0.2) is 34.0 Å². The normalized spacial score (nSPS) is 11.3. The molecule has 7 nitrogen and oxygen atoms in total. The largest absolute Gasteiger partial charge is 0.495 e. The number of amides is 1. The lowest BCUT2D eigenvalue weighted by Gasteiger charge is -2.10. The van der Waals surface area contributed by atoms with Crippen molar-refractivity contribution in [3.05, 3.63) is 64.6 Å². The summed E-state index contributed by atoms with van der Waals surface area (Å²) in [6.45, 7) is 0. The number of benzene rings is 2. The van der Waals surface area contributed by atoms with Gasteiger partial charge in [-0.3, -0.25) is 9.89 Å². The van der Waals surface area contributed by atoms with E-state index in [0.29, 0.717) is 28.6 Å². The van der Waals surface area contributed by atoms with Gasteiger partial charge in [-0.2, -0.15) is 0 Å². The quantitative estimate of drug-likeness (QED) is 0.335. The van der Waals surface area contributed by atoms with Gasteiger partial charge in [0.25, 0.3) is 0 Å². The summed E-state index contributed by atoms with van der Waals surface area (Å²) in [6.07, 6.45) is 0.701. The number of hydrogen-bond donors (Lipinski definition) is 2. The number of thioether (sulfide) groups is 1. The zero-order valence-electron chi connectivity index (χ0n) is 16.5. The number of anilines is 1. The van der Waals surface area contributed by atoms with E-state index in [1.54, 1.807) is 24.5 Å². The highest BCUT2D eigenvalue weighted by Crippen LogP contribution is 2.36. The van der Waals surface area contributed by atoms with E-state index < -0.39 is 0 Å². The lowest BCUT2D eigenvalue weighted by Crippen LogP contribution is -2.14. The summed E-state index contributed by atoms with van der Waals surface area (Å²) in [5.41, 5.74) is 2.05. The summed E-state index contributed by atoms with van der Waals surface area (Å²) in [5.74, 6) is 1.36. The number of fused-ring (bicyclic) bond motifs is 3. The maximum absolute atomic E-state index is 12.5. The third-order valence-electron chi connectivity index (χ3n) is 4.74. The van der Waals surface area contributed by atoms with Gasteiger partial charge >= 0.3 is 0 Å². The van der Waals surface area contributed by atoms with Crippen LogP contribution in [0.25, 0.3) is 21.9 Å². The second-order valence-electron chi connectivity index (χ2n) is 6.80. The molecule has 5 rings (SSSR count). The molecule has 3 heterocycles. The van der Waals surface area contributed by atoms with Crippen molar-refractivity contribution in [2.24, 2.45) is 0 Å². The number of thiophene rings is 1. The van der Waals surface area contributed by atoms with Crippen LogP contribution < -0.4 is 10.1 Å². The Morgan fingerprint density at radius 1 is 1.19 bits per heavy atom. The molecule has 156 valence electrons. The molecule has 0 unspecified atom stereocenters. The fraction of sp³-hybridized carbons (Fsp3) is 0.136. The molecule has 0 aliphatic carbocycles. The SMILES string of the molecule is COc1cc2c(cc1NC(=O)CSc1n[nH]c(Cc3cccs3)n1)oc1ccccc12. The Kier molecular flexibility index (Phi) is 5.35. The predicted octanol–water partition coefficient (Wildman–Crippen LogP) is 5.10. The molecule has 0 fully saturated rings. The number of aromatic amines is 1. The Bertz CT molecular complexity index is 1360. The first-order chi connectivity index (χ1) is 15.2. The van der Waals surface area contributed by atoms with E-state index in [9.17, 15) is 4.79 Å². The molecular formula is C22H18N4O3S2. The minimum Gasteiger partial charge on any atom is -0.495 e. The molecule has 2 N–H and O–H groups in total. The topological polar surface area (TPSA) is 93.0 Å². The lowest BCUT2D eigenvalue weighted by molar-refractivity contribution is -0.113. The number of nitrogens with one attached hydrogen (secondary N) is 2. The van der Waals surface area contributed by atoms with Crippen molar-refractivity contribution in [2.75, 3.05) is 18.2 Å². The first kappa shape index (κ1) is 19.7. The lowest BCUT2D eigenvalue weighted by atomic mass is 10.1. The van der Waals surface area contributed by atoms with Crippen molar-refractivity contribution in [3.63, 3.8) is 0 Å². The van der Waals surface area contributed by atoms with Gasteiger partial charge in [-0.05, 0) is 23.6 Å². The van der Waals surface area contributed by atoms with Crippen LogP contribution >= 0.6 is 23.1 Å². The summed E-state index contributed by atoms with van der Waals surface area (Å²) < 4.78 is 11.4. The number of furan rings is 1. The van der Waals surface area contributed by atoms with Gasteiger partial charge in [-0.15, -0.1) is 16.4 Å². The Hall–Kier alpha value is -3.30. The first-order valence-electron chi connectivity index (χ1n) is 9.55. The molecule has 0 radical (unpaired) electrons. The summed E-state index contributed by atoms with van der Waals surface area (Å²) in [5, 5.41) is 14.5. The maximum atomic E-state index is 12.5. The number of rotatable bonds is 7. The highest BCUT2D eigenvalue weighted by atomic mass is 32.2. The summed E-state index contributed by atoms with van der Waals surface area (Å²) in [7, 11) is 1.58. The van der Waals surface area contributed by atoms with Gasteiger partial charge in [0.2, 0.25) is 11.1 Å². The van der Waals surface area contributed by atoms with Gasteiger partial charge in [-0.25, -0.2) is 4.98 Å². The van der Waals surface area contributed by atoms with Crippen molar-refractivity contribution in [1.82, 2.24) is 15.2 Å². The molecule has 1 amide bonds. The van der Waals surface area contributed by atoms with Crippen LogP contribution in [-0.2, 0) is 11.2 Å². The fourth-order valence-corrected chi connectivity index (χ4v) is 4.66. The average Bonchev–Trinajstić information content (AvgIpc) is 3.52. The zero-order chi connectivity index (χ0) is 21.2. The van der Waals surface area contributed by atoms with Gasteiger partial charge in [0.05, 0.1) is 18.6 Å². The third kappa shape index (κ3) is 4.14. The summed E-state index contributed by atoms with van der Waals surface area (Å²) in [4.78, 5) is 18.2. The number of nitrogens with zero attached hydrogens (tertiary/aromatic N) is 2. The van der Waals surface area contributed by atoms with E-state index in [2.05, 4.69) is 26.6 Å². The van der Waals surface area contributed by atoms with Crippen LogP contribution in [0.4, 0.5) is 5.69 Å². The van der Waals surface area contributed by atoms with E-state index in [-0.39, 0.29) is 11.7 Å². The number of para-hydroxylation sites is 1. The number of H-pyrrole nitrogens is 1. The molecule has 0 spiro atoms. The van der Waals surface area contributed by atoms with Crippen LogP contribution in [0.5, 0.6) is 5.75 Å². The molecule has 0 saturated heterocycles. The number of aromatic nitrogens is 3. The van der Waals surface area contributed by atoms with Crippen LogP contribution in [0.15, 0.2) is 63.5 Å². The predicted molar refractivity (Wildman–Crippen MR) is 123 cm³/mol. The first-order valence-corrected chi connectivity index (χ1v) is 11.4. The number of carbonyl (C=O) groups excluding carboxylic acids is 1. The molecular weight excluding hydrogens is 432 g/mol. The molecule has 3 aromatic heterocycles. The van der Waals surface area contributed by atoms with Crippen LogP contribution in [0.2, 0.25) is 0 Å². The number of methoxy groups -OCH3 is 1. The summed E-state index contributed by atoms with van der Waals surface area (Å²) in [6, 6.07) is 15.5. The van der Waals surface area contributed by atoms with Crippen LogP contribution in [0.1, 0.15) is 10.7 Å².